The van der Waals surface area contributed by atoms with E-state index in [1.807, 2.05) is 6.07 Å². The van der Waals surface area contributed by atoms with Gasteiger partial charge in [-0.3, -0.25) is 0 Å². The van der Waals surface area contributed by atoms with Gasteiger partial charge in [0.1, 0.15) is 0 Å². The average molecular weight is 309 g/mol. The first-order chi connectivity index (χ1) is 9.85. The topological polar surface area (TPSA) is 83.5 Å². The van der Waals surface area contributed by atoms with Crippen LogP contribution in [0.1, 0.15) is 36.9 Å². The molecule has 0 bridgehead atoms. The zero-order valence-electron chi connectivity index (χ0n) is 11.8. The number of carboxylic acid groups (broad SMARTS) is 1. The van der Waals surface area contributed by atoms with Gasteiger partial charge in [0.05, 0.1) is 5.75 Å². The summed E-state index contributed by atoms with van der Waals surface area (Å²) in [7, 11) is -3.27. The summed E-state index contributed by atoms with van der Waals surface area (Å²) in [6.07, 6.45) is 4.52. The van der Waals surface area contributed by atoms with Crippen molar-refractivity contribution in [2.75, 3.05) is 5.75 Å². The third kappa shape index (κ3) is 5.32. The van der Waals surface area contributed by atoms with Crippen LogP contribution in [0.15, 0.2) is 30.3 Å². The molecule has 1 unspecified atom stereocenters. The van der Waals surface area contributed by atoms with Crippen molar-refractivity contribution in [3.05, 3.63) is 41.5 Å². The molecule has 6 heteroatoms. The Morgan fingerprint density at radius 1 is 1.48 bits per heavy atom. The summed E-state index contributed by atoms with van der Waals surface area (Å²) >= 11 is 0. The molecule has 2 rings (SSSR count). The SMILES string of the molecule is CC(NS(=O)(=O)CC1CC1)c1cccc(C=CC(=O)O)c1. The van der Waals surface area contributed by atoms with Crippen molar-refractivity contribution in [1.82, 2.24) is 4.72 Å². The molecule has 1 aromatic rings. The molecule has 5 nitrogen and oxygen atoms in total. The zero-order valence-corrected chi connectivity index (χ0v) is 12.6. The summed E-state index contributed by atoms with van der Waals surface area (Å²) in [6.45, 7) is 1.78. The van der Waals surface area contributed by atoms with Crippen molar-refractivity contribution in [2.45, 2.75) is 25.8 Å². The summed E-state index contributed by atoms with van der Waals surface area (Å²) in [4.78, 5) is 10.5. The molecule has 1 aromatic carbocycles. The van der Waals surface area contributed by atoms with Crippen molar-refractivity contribution in [1.29, 1.82) is 0 Å². The van der Waals surface area contributed by atoms with Crippen LogP contribution in [0.3, 0.4) is 0 Å². The molecule has 0 aromatic heterocycles. The highest BCUT2D eigenvalue weighted by molar-refractivity contribution is 7.89. The first kappa shape index (κ1) is 15.7. The van der Waals surface area contributed by atoms with E-state index in [-0.39, 0.29) is 11.8 Å². The molecule has 2 N–H and O–H groups in total. The summed E-state index contributed by atoms with van der Waals surface area (Å²) in [6, 6.07) is 6.82. The largest absolute Gasteiger partial charge is 0.478 e. The van der Waals surface area contributed by atoms with Crippen LogP contribution in [0.25, 0.3) is 6.08 Å². The third-order valence-electron chi connectivity index (χ3n) is 3.34. The number of nitrogens with one attached hydrogen (secondary N) is 1. The predicted molar refractivity (Wildman–Crippen MR) is 81.2 cm³/mol. The van der Waals surface area contributed by atoms with Crippen molar-refractivity contribution >= 4 is 22.1 Å². The summed E-state index contributed by atoms with van der Waals surface area (Å²) in [5.41, 5.74) is 1.53. The lowest BCUT2D eigenvalue weighted by Gasteiger charge is -2.15. The Balaban J connectivity index is 2.06. The lowest BCUT2D eigenvalue weighted by molar-refractivity contribution is -0.131. The molecule has 0 heterocycles. The molecule has 0 saturated heterocycles. The second-order valence-electron chi connectivity index (χ2n) is 5.41. The van der Waals surface area contributed by atoms with Gasteiger partial charge in [0.2, 0.25) is 10.0 Å². The van der Waals surface area contributed by atoms with Crippen LogP contribution >= 0.6 is 0 Å². The number of carboxylic acids is 1. The summed E-state index contributed by atoms with van der Waals surface area (Å²) < 4.78 is 26.6. The number of hydrogen-bond donors (Lipinski definition) is 2. The van der Waals surface area contributed by atoms with E-state index in [1.54, 1.807) is 25.1 Å². The summed E-state index contributed by atoms with van der Waals surface area (Å²) in [5, 5.41) is 8.62. The average Bonchev–Trinajstić information content (AvgIpc) is 3.19. The molecule has 0 spiro atoms. The van der Waals surface area contributed by atoms with E-state index in [0.29, 0.717) is 5.92 Å². The molecule has 0 radical (unpaired) electrons. The Morgan fingerprint density at radius 2 is 2.19 bits per heavy atom. The van der Waals surface area contributed by atoms with Crippen molar-refractivity contribution < 1.29 is 18.3 Å². The van der Waals surface area contributed by atoms with Gasteiger partial charge < -0.3 is 5.11 Å². The lowest BCUT2D eigenvalue weighted by Crippen LogP contribution is -2.29. The number of benzene rings is 1. The molecule has 0 aliphatic heterocycles. The Morgan fingerprint density at radius 3 is 2.81 bits per heavy atom. The monoisotopic (exact) mass is 309 g/mol. The van der Waals surface area contributed by atoms with Crippen LogP contribution in [0.2, 0.25) is 0 Å². The van der Waals surface area contributed by atoms with Gasteiger partial charge in [0.15, 0.2) is 0 Å². The Kier molecular flexibility index (Phi) is 4.80. The highest BCUT2D eigenvalue weighted by atomic mass is 32.2. The number of rotatable bonds is 7. The number of aliphatic carboxylic acids is 1. The fourth-order valence-corrected chi connectivity index (χ4v) is 3.80. The Labute approximate surface area is 124 Å². The van der Waals surface area contributed by atoms with Gasteiger partial charge in [-0.2, -0.15) is 0 Å². The minimum Gasteiger partial charge on any atom is -0.478 e. The molecule has 1 aliphatic rings. The van der Waals surface area contributed by atoms with E-state index in [9.17, 15) is 13.2 Å². The first-order valence-electron chi connectivity index (χ1n) is 6.87. The zero-order chi connectivity index (χ0) is 15.5. The van der Waals surface area contributed by atoms with Gasteiger partial charge >= 0.3 is 5.97 Å². The number of carbonyl (C=O) groups is 1. The van der Waals surface area contributed by atoms with Gasteiger partial charge in [0.25, 0.3) is 0 Å². The minimum absolute atomic E-state index is 0.190. The fourth-order valence-electron chi connectivity index (χ4n) is 2.08. The van der Waals surface area contributed by atoms with Crippen LogP contribution in [0.5, 0.6) is 0 Å². The van der Waals surface area contributed by atoms with E-state index in [1.165, 1.54) is 6.08 Å². The van der Waals surface area contributed by atoms with Crippen LogP contribution in [0.4, 0.5) is 0 Å². The normalized spacial score (nSPS) is 17.0. The molecule has 21 heavy (non-hydrogen) atoms. The van der Waals surface area contributed by atoms with Gasteiger partial charge in [-0.1, -0.05) is 24.3 Å². The van der Waals surface area contributed by atoms with Gasteiger partial charge in [-0.05, 0) is 42.9 Å². The van der Waals surface area contributed by atoms with Crippen molar-refractivity contribution in [2.24, 2.45) is 5.92 Å². The molecule has 1 atom stereocenters. The molecule has 1 aliphatic carbocycles. The highest BCUT2D eigenvalue weighted by Crippen LogP contribution is 2.30. The van der Waals surface area contributed by atoms with Gasteiger partial charge in [-0.25, -0.2) is 17.9 Å². The molecule has 1 fully saturated rings. The van der Waals surface area contributed by atoms with Crippen LogP contribution < -0.4 is 4.72 Å². The second-order valence-corrected chi connectivity index (χ2v) is 7.20. The fraction of sp³-hybridized carbons (Fsp3) is 0.400. The third-order valence-corrected chi connectivity index (χ3v) is 4.96. The Bertz CT molecular complexity index is 647. The quantitative estimate of drug-likeness (QED) is 0.756. The van der Waals surface area contributed by atoms with E-state index < -0.39 is 16.0 Å². The first-order valence-corrected chi connectivity index (χ1v) is 8.52. The molecule has 0 amide bonds. The Hall–Kier alpha value is -1.66. The maximum atomic E-state index is 12.0. The number of hydrogen-bond acceptors (Lipinski definition) is 3. The van der Waals surface area contributed by atoms with Gasteiger partial charge in [-0.15, -0.1) is 0 Å². The van der Waals surface area contributed by atoms with E-state index >= 15 is 0 Å². The van der Waals surface area contributed by atoms with Gasteiger partial charge in [0, 0.05) is 12.1 Å². The van der Waals surface area contributed by atoms with Crippen LogP contribution in [-0.4, -0.2) is 25.2 Å². The highest BCUT2D eigenvalue weighted by Gasteiger charge is 2.28. The molecular weight excluding hydrogens is 290 g/mol. The van der Waals surface area contributed by atoms with Crippen LogP contribution in [0, 0.1) is 5.92 Å². The predicted octanol–water partition coefficient (Wildman–Crippen LogP) is 2.17. The van der Waals surface area contributed by atoms with Crippen molar-refractivity contribution in [3.63, 3.8) is 0 Å². The number of sulfonamides is 1. The minimum atomic E-state index is -3.27. The molecule has 114 valence electrons. The molecule has 1 saturated carbocycles. The van der Waals surface area contributed by atoms with E-state index in [2.05, 4.69) is 4.72 Å². The van der Waals surface area contributed by atoms with E-state index in [4.69, 9.17) is 5.11 Å². The maximum absolute atomic E-state index is 12.0. The second kappa shape index (κ2) is 6.41. The molecular formula is C15H19NO4S. The maximum Gasteiger partial charge on any atom is 0.328 e. The summed E-state index contributed by atoms with van der Waals surface area (Å²) in [5.74, 6) is -0.520. The smallest absolute Gasteiger partial charge is 0.328 e. The lowest BCUT2D eigenvalue weighted by atomic mass is 10.1. The van der Waals surface area contributed by atoms with Crippen molar-refractivity contribution in [3.8, 4) is 0 Å². The standard InChI is InChI=1S/C15H19NO4S/c1-11(16-21(19,20)10-13-5-6-13)14-4-2-3-12(9-14)7-8-15(17)18/h2-4,7-9,11,13,16H,5-6,10H2,1H3,(H,17,18). The van der Waals surface area contributed by atoms with Crippen LogP contribution in [-0.2, 0) is 14.8 Å². The van der Waals surface area contributed by atoms with E-state index in [0.717, 1.165) is 30.0 Å².